The van der Waals surface area contributed by atoms with E-state index in [1.165, 1.54) is 19.2 Å². The second kappa shape index (κ2) is 7.60. The van der Waals surface area contributed by atoms with Gasteiger partial charge in [-0.3, -0.25) is 4.79 Å². The highest BCUT2D eigenvalue weighted by Gasteiger charge is 2.26. The van der Waals surface area contributed by atoms with Crippen molar-refractivity contribution in [2.24, 2.45) is 0 Å². The van der Waals surface area contributed by atoms with Gasteiger partial charge >= 0.3 is 5.97 Å². The summed E-state index contributed by atoms with van der Waals surface area (Å²) in [6.45, 7) is 7.97. The van der Waals surface area contributed by atoms with Gasteiger partial charge in [-0.05, 0) is 40.7 Å². The summed E-state index contributed by atoms with van der Waals surface area (Å²) >= 11 is 0. The van der Waals surface area contributed by atoms with Gasteiger partial charge in [0.2, 0.25) is 0 Å². The average Bonchev–Trinajstić information content (AvgIpc) is 2.59. The summed E-state index contributed by atoms with van der Waals surface area (Å²) < 4.78 is 18.3. The second-order valence-corrected chi connectivity index (χ2v) is 6.64. The first-order valence-electron chi connectivity index (χ1n) is 8.32. The molecule has 2 aromatic rings. The monoisotopic (exact) mass is 342 g/mol. The van der Waals surface area contributed by atoms with Crippen molar-refractivity contribution in [3.63, 3.8) is 0 Å². The maximum absolute atomic E-state index is 13.4. The van der Waals surface area contributed by atoms with Gasteiger partial charge in [0.25, 0.3) is 0 Å². The summed E-state index contributed by atoms with van der Waals surface area (Å²) in [4.78, 5) is 24.4. The molecule has 0 atom stereocenters. The Morgan fingerprint density at radius 1 is 1.04 bits per heavy atom. The standard InChI is InChI=1S/C21H23FO3/c1-12(2)16-10-17(13(3)4)20(21(24)25-5)19(18(16)11-23)14-6-8-15(22)9-7-14/h6-13H,1-5H3. The third kappa shape index (κ3) is 3.63. The largest absolute Gasteiger partial charge is 0.465 e. The lowest BCUT2D eigenvalue weighted by molar-refractivity contribution is 0.0600. The molecule has 0 amide bonds. The minimum Gasteiger partial charge on any atom is -0.465 e. The molecule has 0 N–H and O–H groups in total. The lowest BCUT2D eigenvalue weighted by Crippen LogP contribution is -2.14. The first-order valence-corrected chi connectivity index (χ1v) is 8.32. The topological polar surface area (TPSA) is 43.4 Å². The predicted molar refractivity (Wildman–Crippen MR) is 96.7 cm³/mol. The van der Waals surface area contributed by atoms with E-state index < -0.39 is 5.97 Å². The third-order valence-corrected chi connectivity index (χ3v) is 4.31. The molecule has 0 aliphatic heterocycles. The molecule has 0 spiro atoms. The van der Waals surface area contributed by atoms with Crippen molar-refractivity contribution in [2.45, 2.75) is 39.5 Å². The number of carbonyl (C=O) groups is 2. The number of methoxy groups -OCH3 is 1. The molecule has 2 rings (SSSR count). The van der Waals surface area contributed by atoms with Gasteiger partial charge in [-0.15, -0.1) is 0 Å². The van der Waals surface area contributed by atoms with Gasteiger partial charge in [0.1, 0.15) is 5.82 Å². The predicted octanol–water partition coefficient (Wildman–Crippen LogP) is 5.34. The van der Waals surface area contributed by atoms with Crippen LogP contribution >= 0.6 is 0 Å². The van der Waals surface area contributed by atoms with E-state index in [4.69, 9.17) is 4.74 Å². The number of aldehydes is 1. The Bertz CT molecular complexity index is 790. The molecule has 0 aliphatic rings. The number of halogens is 1. The van der Waals surface area contributed by atoms with Crippen molar-refractivity contribution in [3.8, 4) is 11.1 Å². The van der Waals surface area contributed by atoms with Crippen LogP contribution < -0.4 is 0 Å². The van der Waals surface area contributed by atoms with Crippen LogP contribution in [0.5, 0.6) is 0 Å². The van der Waals surface area contributed by atoms with Crippen LogP contribution in [0.3, 0.4) is 0 Å². The van der Waals surface area contributed by atoms with Crippen LogP contribution in [0.25, 0.3) is 11.1 Å². The highest BCUT2D eigenvalue weighted by Crippen LogP contribution is 2.38. The average molecular weight is 342 g/mol. The number of esters is 1. The molecule has 3 nitrogen and oxygen atoms in total. The van der Waals surface area contributed by atoms with Crippen LogP contribution in [0.2, 0.25) is 0 Å². The summed E-state index contributed by atoms with van der Waals surface area (Å²) in [5.41, 5.74) is 3.64. The maximum atomic E-state index is 13.4. The van der Waals surface area contributed by atoms with E-state index in [-0.39, 0.29) is 17.7 Å². The van der Waals surface area contributed by atoms with E-state index in [0.29, 0.717) is 22.3 Å². The summed E-state index contributed by atoms with van der Waals surface area (Å²) in [5, 5.41) is 0. The van der Waals surface area contributed by atoms with Gasteiger partial charge in [-0.25, -0.2) is 9.18 Å². The first kappa shape index (κ1) is 18.8. The molecule has 0 fully saturated rings. The van der Waals surface area contributed by atoms with E-state index in [1.807, 2.05) is 33.8 Å². The summed E-state index contributed by atoms with van der Waals surface area (Å²) in [5.74, 6) is -0.711. The second-order valence-electron chi connectivity index (χ2n) is 6.64. The van der Waals surface area contributed by atoms with Gasteiger partial charge in [0.05, 0.1) is 12.7 Å². The molecule has 132 valence electrons. The molecule has 0 bridgehead atoms. The summed E-state index contributed by atoms with van der Waals surface area (Å²) in [6, 6.07) is 7.72. The van der Waals surface area contributed by atoms with Crippen LogP contribution in [0.15, 0.2) is 30.3 Å². The summed E-state index contributed by atoms with van der Waals surface area (Å²) in [7, 11) is 1.32. The molecule has 4 heteroatoms. The van der Waals surface area contributed by atoms with E-state index in [0.717, 1.165) is 17.4 Å². The Balaban J connectivity index is 2.99. The Morgan fingerprint density at radius 2 is 1.60 bits per heavy atom. The number of carbonyl (C=O) groups excluding carboxylic acids is 2. The van der Waals surface area contributed by atoms with Gasteiger partial charge in [-0.2, -0.15) is 0 Å². The number of benzene rings is 2. The van der Waals surface area contributed by atoms with E-state index in [2.05, 4.69) is 0 Å². The van der Waals surface area contributed by atoms with Gasteiger partial charge in [-0.1, -0.05) is 45.9 Å². The first-order chi connectivity index (χ1) is 11.8. The quantitative estimate of drug-likeness (QED) is 0.544. The highest BCUT2D eigenvalue weighted by molar-refractivity contribution is 6.04. The number of rotatable bonds is 5. The van der Waals surface area contributed by atoms with Crippen molar-refractivity contribution in [1.82, 2.24) is 0 Å². The molecule has 0 heterocycles. The molecule has 0 saturated carbocycles. The van der Waals surface area contributed by atoms with Crippen molar-refractivity contribution in [2.75, 3.05) is 7.11 Å². The van der Waals surface area contributed by atoms with Crippen LogP contribution in [-0.2, 0) is 4.74 Å². The highest BCUT2D eigenvalue weighted by atomic mass is 19.1. The molecule has 0 radical (unpaired) electrons. The fourth-order valence-corrected chi connectivity index (χ4v) is 3.04. The molecule has 2 aromatic carbocycles. The lowest BCUT2D eigenvalue weighted by Gasteiger charge is -2.22. The maximum Gasteiger partial charge on any atom is 0.338 e. The molecular weight excluding hydrogens is 319 g/mol. The molecule has 0 saturated heterocycles. The normalized spacial score (nSPS) is 11.0. The van der Waals surface area contributed by atoms with Crippen molar-refractivity contribution >= 4 is 12.3 Å². The summed E-state index contributed by atoms with van der Waals surface area (Å²) in [6.07, 6.45) is 0.768. The fraction of sp³-hybridized carbons (Fsp3) is 0.333. The Kier molecular flexibility index (Phi) is 5.73. The number of hydrogen-bond donors (Lipinski definition) is 0. The smallest absolute Gasteiger partial charge is 0.338 e. The number of ether oxygens (including phenoxy) is 1. The van der Waals surface area contributed by atoms with Crippen molar-refractivity contribution in [3.05, 3.63) is 58.4 Å². The van der Waals surface area contributed by atoms with Crippen molar-refractivity contribution < 1.29 is 18.7 Å². The van der Waals surface area contributed by atoms with E-state index in [9.17, 15) is 14.0 Å². The zero-order valence-electron chi connectivity index (χ0n) is 15.2. The molecule has 25 heavy (non-hydrogen) atoms. The minimum absolute atomic E-state index is 0.0616. The van der Waals surface area contributed by atoms with Gasteiger partial charge in [0, 0.05) is 11.1 Å². The minimum atomic E-state index is -0.499. The molecule has 0 aromatic heterocycles. The molecule has 0 unspecified atom stereocenters. The lowest BCUT2D eigenvalue weighted by atomic mass is 9.81. The zero-order valence-corrected chi connectivity index (χ0v) is 15.2. The fourth-order valence-electron chi connectivity index (χ4n) is 3.04. The van der Waals surface area contributed by atoms with Crippen LogP contribution in [0.4, 0.5) is 4.39 Å². The molecule has 0 aliphatic carbocycles. The zero-order chi connectivity index (χ0) is 18.7. The van der Waals surface area contributed by atoms with E-state index in [1.54, 1.807) is 12.1 Å². The van der Waals surface area contributed by atoms with Crippen LogP contribution in [-0.4, -0.2) is 19.4 Å². The van der Waals surface area contributed by atoms with Crippen LogP contribution in [0.1, 0.15) is 71.4 Å². The van der Waals surface area contributed by atoms with Crippen molar-refractivity contribution in [1.29, 1.82) is 0 Å². The SMILES string of the molecule is COC(=O)c1c(C(C)C)cc(C(C)C)c(C=O)c1-c1ccc(F)cc1. The molecular formula is C21H23FO3. The third-order valence-electron chi connectivity index (χ3n) is 4.31. The van der Waals surface area contributed by atoms with Gasteiger partial charge in [0.15, 0.2) is 6.29 Å². The van der Waals surface area contributed by atoms with E-state index >= 15 is 0 Å². The van der Waals surface area contributed by atoms with Gasteiger partial charge < -0.3 is 4.74 Å². The number of hydrogen-bond acceptors (Lipinski definition) is 3. The Morgan fingerprint density at radius 3 is 2.04 bits per heavy atom. The Hall–Kier alpha value is -2.49. The Labute approximate surface area is 147 Å². The van der Waals surface area contributed by atoms with Crippen LogP contribution in [0, 0.1) is 5.82 Å².